The van der Waals surface area contributed by atoms with Crippen LogP contribution in [0.3, 0.4) is 0 Å². The Hall–Kier alpha value is -2.56. The number of nitrogens with one attached hydrogen (secondary N) is 2. The van der Waals surface area contributed by atoms with Crippen LogP contribution in [0.1, 0.15) is 0 Å². The Morgan fingerprint density at radius 1 is 1.06 bits per heavy atom. The minimum Gasteiger partial charge on any atom is -0.494 e. The highest BCUT2D eigenvalue weighted by Gasteiger charge is 2.04. The molecule has 2 N–H and O–H groups in total. The van der Waals surface area contributed by atoms with Crippen LogP contribution in [0.2, 0.25) is 0 Å². The second kappa shape index (κ2) is 5.67. The van der Waals surface area contributed by atoms with Gasteiger partial charge in [0.1, 0.15) is 11.4 Å². The van der Waals surface area contributed by atoms with Gasteiger partial charge in [0.2, 0.25) is 0 Å². The lowest BCUT2D eigenvalue weighted by atomic mass is 10.2. The zero-order valence-electron chi connectivity index (χ0n) is 9.88. The van der Waals surface area contributed by atoms with E-state index in [0.29, 0.717) is 11.4 Å². The second-order valence-corrected chi connectivity index (χ2v) is 3.59. The molecule has 0 radical (unpaired) electrons. The van der Waals surface area contributed by atoms with Crippen molar-refractivity contribution in [1.82, 2.24) is 0 Å². The highest BCUT2D eigenvalue weighted by atomic mass is 16.5. The SMILES string of the molecule is COc1cc(N=O)ccc1NNc1ccccc1. The highest BCUT2D eigenvalue weighted by molar-refractivity contribution is 5.64. The van der Waals surface area contributed by atoms with E-state index in [-0.39, 0.29) is 0 Å². The number of ether oxygens (including phenoxy) is 1. The van der Waals surface area contributed by atoms with E-state index in [1.807, 2.05) is 30.3 Å². The number of nitrogens with zero attached hydrogens (tertiary/aromatic N) is 1. The monoisotopic (exact) mass is 243 g/mol. The first kappa shape index (κ1) is 11.9. The summed E-state index contributed by atoms with van der Waals surface area (Å²) in [5, 5.41) is 2.86. The fraction of sp³-hybridized carbons (Fsp3) is 0.0769. The topological polar surface area (TPSA) is 62.7 Å². The molecule has 0 fully saturated rings. The number of para-hydroxylation sites is 1. The Morgan fingerprint density at radius 3 is 2.50 bits per heavy atom. The van der Waals surface area contributed by atoms with E-state index in [9.17, 15) is 4.91 Å². The van der Waals surface area contributed by atoms with Crippen LogP contribution in [0, 0.1) is 4.91 Å². The zero-order valence-corrected chi connectivity index (χ0v) is 9.88. The Balaban J connectivity index is 2.11. The summed E-state index contributed by atoms with van der Waals surface area (Å²) in [5.41, 5.74) is 8.04. The molecular formula is C13H13N3O2. The molecule has 0 atom stereocenters. The van der Waals surface area contributed by atoms with Gasteiger partial charge >= 0.3 is 0 Å². The second-order valence-electron chi connectivity index (χ2n) is 3.59. The molecule has 0 saturated carbocycles. The number of hydrogen-bond acceptors (Lipinski definition) is 5. The summed E-state index contributed by atoms with van der Waals surface area (Å²) in [6.07, 6.45) is 0. The van der Waals surface area contributed by atoms with Gasteiger partial charge in [-0.3, -0.25) is 5.43 Å². The van der Waals surface area contributed by atoms with E-state index in [2.05, 4.69) is 16.0 Å². The first-order chi connectivity index (χ1) is 8.83. The van der Waals surface area contributed by atoms with Crippen molar-refractivity contribution >= 4 is 17.1 Å². The van der Waals surface area contributed by atoms with Gasteiger partial charge in [0, 0.05) is 6.07 Å². The molecule has 0 saturated heterocycles. The molecule has 92 valence electrons. The smallest absolute Gasteiger partial charge is 0.146 e. The van der Waals surface area contributed by atoms with Crippen LogP contribution in [0.25, 0.3) is 0 Å². The van der Waals surface area contributed by atoms with Gasteiger partial charge < -0.3 is 10.2 Å². The molecule has 5 nitrogen and oxygen atoms in total. The maximum Gasteiger partial charge on any atom is 0.146 e. The maximum atomic E-state index is 10.4. The average molecular weight is 243 g/mol. The minimum atomic E-state index is 0.331. The summed E-state index contributed by atoms with van der Waals surface area (Å²) in [7, 11) is 1.54. The third kappa shape index (κ3) is 2.76. The van der Waals surface area contributed by atoms with Crippen molar-refractivity contribution < 1.29 is 4.74 Å². The molecule has 2 rings (SSSR count). The number of methoxy groups -OCH3 is 1. The van der Waals surface area contributed by atoms with E-state index in [1.54, 1.807) is 18.2 Å². The predicted molar refractivity (Wildman–Crippen MR) is 72.1 cm³/mol. The van der Waals surface area contributed by atoms with Crippen molar-refractivity contribution in [1.29, 1.82) is 0 Å². The van der Waals surface area contributed by atoms with Crippen molar-refractivity contribution in [3.05, 3.63) is 53.4 Å². The standard InChI is InChI=1S/C13H13N3O2/c1-18-13-9-11(16-17)7-8-12(13)15-14-10-5-3-2-4-6-10/h2-9,14-15H,1H3. The molecule has 0 heterocycles. The van der Waals surface area contributed by atoms with E-state index >= 15 is 0 Å². The fourth-order valence-corrected chi connectivity index (χ4v) is 1.50. The van der Waals surface area contributed by atoms with Gasteiger partial charge in [-0.15, -0.1) is 4.91 Å². The molecular weight excluding hydrogens is 230 g/mol. The van der Waals surface area contributed by atoms with Crippen molar-refractivity contribution in [2.45, 2.75) is 0 Å². The van der Waals surface area contributed by atoms with E-state index in [4.69, 9.17) is 4.74 Å². The number of hydrogen-bond donors (Lipinski definition) is 2. The Bertz CT molecular complexity index is 529. The minimum absolute atomic E-state index is 0.331. The summed E-state index contributed by atoms with van der Waals surface area (Å²) in [6, 6.07) is 14.6. The number of rotatable bonds is 5. The largest absolute Gasteiger partial charge is 0.494 e. The van der Waals surface area contributed by atoms with Crippen LogP contribution in [0.15, 0.2) is 53.7 Å². The first-order valence-electron chi connectivity index (χ1n) is 5.42. The molecule has 0 amide bonds. The third-order valence-electron chi connectivity index (χ3n) is 2.41. The molecule has 2 aromatic carbocycles. The summed E-state index contributed by atoms with van der Waals surface area (Å²) in [6.45, 7) is 0. The molecule has 5 heteroatoms. The van der Waals surface area contributed by atoms with Crippen LogP contribution in [-0.4, -0.2) is 7.11 Å². The van der Waals surface area contributed by atoms with Crippen LogP contribution < -0.4 is 15.6 Å². The highest BCUT2D eigenvalue weighted by Crippen LogP contribution is 2.29. The Kier molecular flexibility index (Phi) is 3.76. The van der Waals surface area contributed by atoms with Gasteiger partial charge in [-0.05, 0) is 29.4 Å². The average Bonchev–Trinajstić information content (AvgIpc) is 2.46. The number of benzene rings is 2. The van der Waals surface area contributed by atoms with Crippen LogP contribution in [-0.2, 0) is 0 Å². The lowest BCUT2D eigenvalue weighted by molar-refractivity contribution is 0.417. The van der Waals surface area contributed by atoms with Crippen LogP contribution in [0.4, 0.5) is 17.1 Å². The number of nitroso groups, excluding NO2 is 1. The van der Waals surface area contributed by atoms with Crippen LogP contribution >= 0.6 is 0 Å². The predicted octanol–water partition coefficient (Wildman–Crippen LogP) is 3.53. The van der Waals surface area contributed by atoms with Crippen molar-refractivity contribution in [2.24, 2.45) is 5.18 Å². The van der Waals surface area contributed by atoms with Crippen molar-refractivity contribution in [3.8, 4) is 5.75 Å². The van der Waals surface area contributed by atoms with Crippen LogP contribution in [0.5, 0.6) is 5.75 Å². The lowest BCUT2D eigenvalue weighted by Crippen LogP contribution is -2.09. The Labute approximate surface area is 105 Å². The van der Waals surface area contributed by atoms with Gasteiger partial charge in [-0.25, -0.2) is 0 Å². The molecule has 18 heavy (non-hydrogen) atoms. The summed E-state index contributed by atoms with van der Waals surface area (Å²) in [4.78, 5) is 10.4. The van der Waals surface area contributed by atoms with Gasteiger partial charge in [0.05, 0.1) is 18.5 Å². The van der Waals surface area contributed by atoms with E-state index < -0.39 is 0 Å². The molecule has 0 aliphatic rings. The van der Waals surface area contributed by atoms with Crippen molar-refractivity contribution in [3.63, 3.8) is 0 Å². The molecule has 0 bridgehead atoms. The maximum absolute atomic E-state index is 10.4. The van der Waals surface area contributed by atoms with E-state index in [1.165, 1.54) is 7.11 Å². The molecule has 0 aliphatic heterocycles. The molecule has 0 aromatic heterocycles. The van der Waals surface area contributed by atoms with Gasteiger partial charge in [0.25, 0.3) is 0 Å². The van der Waals surface area contributed by atoms with Crippen molar-refractivity contribution in [2.75, 3.05) is 18.0 Å². The third-order valence-corrected chi connectivity index (χ3v) is 2.41. The fourth-order valence-electron chi connectivity index (χ4n) is 1.50. The number of hydrazine groups is 1. The van der Waals surface area contributed by atoms with Gasteiger partial charge in [-0.1, -0.05) is 18.2 Å². The first-order valence-corrected chi connectivity index (χ1v) is 5.42. The normalized spacial score (nSPS) is 9.61. The lowest BCUT2D eigenvalue weighted by Gasteiger charge is -2.13. The molecule has 0 unspecified atom stereocenters. The quantitative estimate of drug-likeness (QED) is 0.623. The number of anilines is 2. The molecule has 0 spiro atoms. The Morgan fingerprint density at radius 2 is 1.83 bits per heavy atom. The molecule has 2 aromatic rings. The van der Waals surface area contributed by atoms with Gasteiger partial charge in [0.15, 0.2) is 0 Å². The van der Waals surface area contributed by atoms with E-state index in [0.717, 1.165) is 11.4 Å². The zero-order chi connectivity index (χ0) is 12.8. The molecule has 0 aliphatic carbocycles. The summed E-state index contributed by atoms with van der Waals surface area (Å²) >= 11 is 0. The summed E-state index contributed by atoms with van der Waals surface area (Å²) < 4.78 is 5.17. The summed E-state index contributed by atoms with van der Waals surface area (Å²) in [5.74, 6) is 0.551. The van der Waals surface area contributed by atoms with Gasteiger partial charge in [-0.2, -0.15) is 0 Å².